The van der Waals surface area contributed by atoms with Gasteiger partial charge >= 0.3 is 0 Å². The molecule has 11 nitrogen and oxygen atoms in total. The molecule has 14 heteroatoms. The summed E-state index contributed by atoms with van der Waals surface area (Å²) in [6.07, 6.45) is 26.4. The van der Waals surface area contributed by atoms with Gasteiger partial charge in [-0.2, -0.15) is 12.6 Å². The van der Waals surface area contributed by atoms with E-state index in [0.29, 0.717) is 70.1 Å². The third-order valence-electron chi connectivity index (χ3n) is 9.78. The number of aldehydes is 2. The van der Waals surface area contributed by atoms with Gasteiger partial charge in [-0.15, -0.1) is 25.8 Å². The summed E-state index contributed by atoms with van der Waals surface area (Å²) in [5.41, 5.74) is 0.896. The van der Waals surface area contributed by atoms with E-state index in [-0.39, 0.29) is 24.2 Å². The number of rotatable bonds is 45. The van der Waals surface area contributed by atoms with Gasteiger partial charge in [-0.1, -0.05) is 131 Å². The summed E-state index contributed by atoms with van der Waals surface area (Å²) in [7, 11) is 3.70. The highest BCUT2D eigenvalue weighted by Gasteiger charge is 2.10. The molecule has 4 N–H and O–H groups in total. The van der Waals surface area contributed by atoms with Crippen LogP contribution in [0.15, 0.2) is 61.6 Å². The van der Waals surface area contributed by atoms with Crippen LogP contribution in [0.1, 0.15) is 162 Å². The Kier molecular flexibility index (Phi) is 71.6. The number of aliphatic hydroxyl groups is 1. The van der Waals surface area contributed by atoms with Crippen LogP contribution in [0, 0.1) is 5.92 Å². The van der Waals surface area contributed by atoms with Crippen LogP contribution in [-0.2, 0) is 33.5 Å². The lowest BCUT2D eigenvalue weighted by atomic mass is 9.98. The summed E-state index contributed by atoms with van der Waals surface area (Å²) >= 11 is 8.93. The molecule has 392 valence electrons. The first kappa shape index (κ1) is 72.8. The number of aliphatic hydroxyl groups excluding tert-OH is 1. The predicted octanol–water partition coefficient (Wildman–Crippen LogP) is 12.6. The van der Waals surface area contributed by atoms with Crippen LogP contribution >= 0.6 is 25.3 Å². The number of hydrogen-bond donors (Lipinski definition) is 6. The minimum Gasteiger partial charge on any atom is -0.511 e. The normalized spacial score (nSPS) is 11.6. The lowest BCUT2D eigenvalue weighted by Crippen LogP contribution is -2.28. The lowest BCUT2D eigenvalue weighted by molar-refractivity contribution is -0.112. The minimum atomic E-state index is -0.111. The summed E-state index contributed by atoms with van der Waals surface area (Å²) in [6.45, 7) is 33.1. The van der Waals surface area contributed by atoms with Crippen LogP contribution in [0.25, 0.3) is 0 Å². The van der Waals surface area contributed by atoms with Crippen molar-refractivity contribution in [3.05, 3.63) is 61.6 Å². The molecule has 0 saturated heterocycles. The Morgan fingerprint density at radius 2 is 1.17 bits per heavy atom. The molecule has 0 aliphatic carbocycles. The molecule has 0 aromatic carbocycles. The monoisotopic (exact) mass is 980 g/mol. The second kappa shape index (κ2) is 64.9. The smallest absolute Gasteiger partial charge is 0.145 e. The van der Waals surface area contributed by atoms with E-state index in [1.54, 1.807) is 7.05 Å². The molecule has 0 aliphatic rings. The molecule has 0 rings (SSSR count). The standard InChI is InChI=1S/C17H31FO2.C16H33NO2S2.C14H26N2O4.C3H8.C2H4/c1-17(20-18)15-13-11-9-7-5-3-2-4-6-8-10-12-14-16-19;1-4-15(14(2)20)7-5-6-8-16(21)13-19-12-11-18-10-9-17-3;1-12(4-5-14(15-3)13(2)18)16-6-8-19-10-11-20-9-7-17;1-3-2;1-2/h16H,1-15H2;15-17,20-21H,2,4-13H2,1,3H3;7,14-16,18H,1-2,4-6,8-11H2,3H3;3H2,1-2H3;1-2H2. The van der Waals surface area contributed by atoms with Crippen molar-refractivity contribution in [3.8, 4) is 0 Å². The average molecular weight is 981 g/mol. The fraction of sp³-hybridized carbons (Fsp3) is 0.769. The average Bonchev–Trinajstić information content (AvgIpc) is 3.31. The van der Waals surface area contributed by atoms with Crippen molar-refractivity contribution in [2.24, 2.45) is 5.92 Å². The van der Waals surface area contributed by atoms with Crippen molar-refractivity contribution < 1.29 is 43.1 Å². The molecule has 0 aromatic heterocycles. The molecular weight excluding hydrogens is 878 g/mol. The first-order valence-electron chi connectivity index (χ1n) is 24.8. The fourth-order valence-corrected chi connectivity index (χ4v) is 6.57. The number of ether oxygens (including phenoxy) is 4. The summed E-state index contributed by atoms with van der Waals surface area (Å²) in [4.78, 5) is 24.7. The number of halogens is 1. The Bertz CT molecular complexity index is 1060. The first-order valence-corrected chi connectivity index (χ1v) is 25.7. The van der Waals surface area contributed by atoms with Crippen molar-refractivity contribution in [1.29, 1.82) is 0 Å². The zero-order chi connectivity index (χ0) is 50.7. The van der Waals surface area contributed by atoms with Crippen molar-refractivity contribution in [2.75, 3.05) is 80.0 Å². The second-order valence-electron chi connectivity index (χ2n) is 15.9. The molecule has 0 spiro atoms. The van der Waals surface area contributed by atoms with E-state index >= 15 is 0 Å². The first-order chi connectivity index (χ1) is 31.9. The van der Waals surface area contributed by atoms with E-state index in [9.17, 15) is 19.2 Å². The Hall–Kier alpha value is -2.17. The summed E-state index contributed by atoms with van der Waals surface area (Å²) in [5.74, 6) is 0.940. The van der Waals surface area contributed by atoms with Crippen molar-refractivity contribution in [3.63, 3.8) is 0 Å². The van der Waals surface area contributed by atoms with Crippen LogP contribution in [-0.4, -0.2) is 109 Å². The topological polar surface area (TPSA) is 137 Å². The van der Waals surface area contributed by atoms with Gasteiger partial charge in [0.05, 0.1) is 52.3 Å². The van der Waals surface area contributed by atoms with Gasteiger partial charge in [-0.3, -0.25) is 4.94 Å². The van der Waals surface area contributed by atoms with Gasteiger partial charge < -0.3 is 49.6 Å². The number of nitrogens with one attached hydrogen (secondary N) is 3. The van der Waals surface area contributed by atoms with Crippen LogP contribution in [0.4, 0.5) is 4.53 Å². The maximum Gasteiger partial charge on any atom is 0.145 e. The van der Waals surface area contributed by atoms with Gasteiger partial charge in [-0.05, 0) is 69.9 Å². The molecule has 0 saturated carbocycles. The number of thiol groups is 2. The van der Waals surface area contributed by atoms with Gasteiger partial charge in [0.15, 0.2) is 0 Å². The highest BCUT2D eigenvalue weighted by molar-refractivity contribution is 7.84. The molecule has 0 aliphatic heterocycles. The second-order valence-corrected chi connectivity index (χ2v) is 17.2. The van der Waals surface area contributed by atoms with Crippen LogP contribution < -0.4 is 16.0 Å². The fourth-order valence-electron chi connectivity index (χ4n) is 5.97. The van der Waals surface area contributed by atoms with Gasteiger partial charge in [-0.25, -0.2) is 0 Å². The molecule has 0 bridgehead atoms. The Labute approximate surface area is 416 Å². The van der Waals surface area contributed by atoms with Crippen molar-refractivity contribution >= 4 is 37.8 Å². The Morgan fingerprint density at radius 3 is 1.64 bits per heavy atom. The third kappa shape index (κ3) is 66.1. The molecule has 0 aromatic rings. The lowest BCUT2D eigenvalue weighted by Gasteiger charge is -2.16. The minimum absolute atomic E-state index is 0.111. The Morgan fingerprint density at radius 1 is 0.667 bits per heavy atom. The van der Waals surface area contributed by atoms with E-state index in [0.717, 1.165) is 81.4 Å². The number of carbonyl (C=O) groups is 2. The zero-order valence-corrected chi connectivity index (χ0v) is 44.6. The zero-order valence-electron chi connectivity index (χ0n) is 42.8. The molecule has 0 amide bonds. The molecule has 0 radical (unpaired) electrons. The summed E-state index contributed by atoms with van der Waals surface area (Å²) in [6, 6.07) is -0.111. The van der Waals surface area contributed by atoms with Crippen LogP contribution in [0.3, 0.4) is 0 Å². The Balaban J connectivity index is -0.000000268. The van der Waals surface area contributed by atoms with E-state index in [1.807, 2.05) is 7.05 Å². The van der Waals surface area contributed by atoms with Crippen LogP contribution in [0.5, 0.6) is 0 Å². The third-order valence-corrected chi connectivity index (χ3v) is 10.6. The number of allylic oxidation sites excluding steroid dienone is 3. The van der Waals surface area contributed by atoms with Gasteiger partial charge in [0, 0.05) is 41.4 Å². The predicted molar refractivity (Wildman–Crippen MR) is 287 cm³/mol. The quantitative estimate of drug-likeness (QED) is 0.0114. The van der Waals surface area contributed by atoms with Gasteiger partial charge in [0.2, 0.25) is 0 Å². The van der Waals surface area contributed by atoms with E-state index in [1.165, 1.54) is 83.5 Å². The van der Waals surface area contributed by atoms with E-state index in [4.69, 9.17) is 18.9 Å². The number of likely N-dealkylation sites (N-methyl/N-ethyl adjacent to an activating group) is 2. The SMILES string of the molecule is C=C.C=C(CCC(NC)C(=C)O)NCCOCCOCC=O.C=C(CCCCCCCCCCCCCCC=O)OF.C=C(S)C(CC)CCCCC(S)COCCOCCNC.CCC. The molecule has 0 heterocycles. The maximum atomic E-state index is 11.6. The van der Waals surface area contributed by atoms with E-state index in [2.05, 4.69) is 106 Å². The highest BCUT2D eigenvalue weighted by Crippen LogP contribution is 2.24. The van der Waals surface area contributed by atoms with Gasteiger partial charge in [0.25, 0.3) is 0 Å². The maximum absolute atomic E-state index is 11.6. The number of unbranched alkanes of at least 4 members (excludes halogenated alkanes) is 13. The molecule has 3 unspecified atom stereocenters. The summed E-state index contributed by atoms with van der Waals surface area (Å²) < 4.78 is 32.8. The summed E-state index contributed by atoms with van der Waals surface area (Å²) in [5, 5.41) is 18.8. The highest BCUT2D eigenvalue weighted by atomic mass is 32.1. The van der Waals surface area contributed by atoms with Crippen LogP contribution in [0.2, 0.25) is 0 Å². The van der Waals surface area contributed by atoms with E-state index < -0.39 is 0 Å². The largest absolute Gasteiger partial charge is 0.511 e. The van der Waals surface area contributed by atoms with Crippen molar-refractivity contribution in [2.45, 2.75) is 173 Å². The molecule has 66 heavy (non-hydrogen) atoms. The number of hydrogen-bond acceptors (Lipinski definition) is 13. The number of carbonyl (C=O) groups excluding carboxylic acids is 2. The van der Waals surface area contributed by atoms with Crippen molar-refractivity contribution in [1.82, 2.24) is 16.0 Å². The molecule has 0 fully saturated rings. The molecular formula is C52H102FN3O8S2. The molecule has 3 atom stereocenters. The van der Waals surface area contributed by atoms with Gasteiger partial charge in [0.1, 0.15) is 30.7 Å².